The summed E-state index contributed by atoms with van der Waals surface area (Å²) in [5, 5.41) is 22.0. The predicted molar refractivity (Wildman–Crippen MR) is 159 cm³/mol. The summed E-state index contributed by atoms with van der Waals surface area (Å²) in [6.07, 6.45) is 1.41. The van der Waals surface area contributed by atoms with Crippen molar-refractivity contribution in [1.29, 1.82) is 0 Å². The Labute approximate surface area is 251 Å². The summed E-state index contributed by atoms with van der Waals surface area (Å²) in [5.41, 5.74) is 1.77. The van der Waals surface area contributed by atoms with Gasteiger partial charge in [0.2, 0.25) is 12.8 Å². The van der Waals surface area contributed by atoms with Crippen LogP contribution in [0.5, 0.6) is 0 Å². The van der Waals surface area contributed by atoms with E-state index in [1.165, 1.54) is 0 Å². The average molecular weight is 748 g/mol. The molecule has 0 fully saturated rings. The molecule has 4 aromatic rings. The van der Waals surface area contributed by atoms with Gasteiger partial charge in [0.15, 0.2) is 0 Å². The molecule has 0 heterocycles. The van der Waals surface area contributed by atoms with Crippen LogP contribution >= 0.6 is 0 Å². The predicted octanol–water partition coefficient (Wildman–Crippen LogP) is 2.20. The van der Waals surface area contributed by atoms with Crippen molar-refractivity contribution in [3.63, 3.8) is 0 Å². The molecule has 0 bridgehead atoms. The van der Waals surface area contributed by atoms with Crippen LogP contribution < -0.4 is 16.9 Å². The van der Waals surface area contributed by atoms with E-state index in [0.717, 1.165) is 11.1 Å². The van der Waals surface area contributed by atoms with Gasteiger partial charge in [0.05, 0.1) is 0 Å². The van der Waals surface area contributed by atoms with E-state index in [0.29, 0.717) is 25.7 Å². The summed E-state index contributed by atoms with van der Waals surface area (Å²) in [6, 6.07) is 38.3. The van der Waals surface area contributed by atoms with Crippen molar-refractivity contribution in [2.75, 3.05) is 0 Å². The quantitative estimate of drug-likeness (QED) is 0.130. The topological polar surface area (TPSA) is 133 Å². The molecule has 0 saturated carbocycles. The van der Waals surface area contributed by atoms with Crippen LogP contribution in [0, 0.1) is 0 Å². The van der Waals surface area contributed by atoms with Gasteiger partial charge in [-0.25, -0.2) is 9.59 Å². The van der Waals surface area contributed by atoms with Gasteiger partial charge in [0.1, 0.15) is 12.1 Å². The standard InChI is InChI=1S/2C10H11NO3.2C6H5.Pb/c2*12-7-11-9(10(13)14)6-8-4-2-1-3-5-8;2*1-2-4-6-5-3-1;/h2*1-5,7,9H,6H2,(H,11,12)(H,13,14);2*1-5H;. The number of aliphatic carboxylic acids is 2. The zero-order chi connectivity index (χ0) is 29.7. The second-order valence-electron chi connectivity index (χ2n) is 8.59. The first-order valence-corrected chi connectivity index (χ1v) is 16.6. The van der Waals surface area contributed by atoms with Crippen LogP contribution in [-0.4, -0.2) is 71.3 Å². The number of carbonyl (C=O) groups is 4. The number of hydrogen-bond acceptors (Lipinski definition) is 4. The Kier molecular flexibility index (Phi) is 15.8. The minimum atomic E-state index is -1.03. The maximum atomic E-state index is 10.7. The summed E-state index contributed by atoms with van der Waals surface area (Å²) >= 11 is -0.740. The minimum absolute atomic E-state index is 0.301. The molecule has 8 nitrogen and oxygen atoms in total. The summed E-state index contributed by atoms with van der Waals surface area (Å²) < 4.78 is 3.13. The third-order valence-corrected chi connectivity index (χ3v) is 10.4. The van der Waals surface area contributed by atoms with Gasteiger partial charge in [0, 0.05) is 12.8 Å². The molecular formula is C32H32N2O6Pb. The molecule has 0 aliphatic carbocycles. The van der Waals surface area contributed by atoms with E-state index in [-0.39, 0.29) is 0 Å². The van der Waals surface area contributed by atoms with Crippen LogP contribution in [0.2, 0.25) is 0 Å². The van der Waals surface area contributed by atoms with Crippen LogP contribution in [0.25, 0.3) is 0 Å². The monoisotopic (exact) mass is 748 g/mol. The van der Waals surface area contributed by atoms with E-state index in [4.69, 9.17) is 10.2 Å². The van der Waals surface area contributed by atoms with Gasteiger partial charge in [-0.15, -0.1) is 0 Å². The van der Waals surface area contributed by atoms with Gasteiger partial charge in [-0.1, -0.05) is 60.7 Å². The molecule has 4 rings (SSSR count). The van der Waals surface area contributed by atoms with Gasteiger partial charge < -0.3 is 20.8 Å². The number of nitrogens with one attached hydrogen (secondary N) is 2. The average Bonchev–Trinajstić information content (AvgIpc) is 2.99. The number of hydrogen-bond donors (Lipinski definition) is 4. The summed E-state index contributed by atoms with van der Waals surface area (Å²) in [6.45, 7) is 0. The van der Waals surface area contributed by atoms with Crippen molar-refractivity contribution in [2.24, 2.45) is 0 Å². The molecule has 0 aromatic heterocycles. The molecule has 4 N–H and O–H groups in total. The number of carbonyl (C=O) groups excluding carboxylic acids is 2. The van der Waals surface area contributed by atoms with Crippen molar-refractivity contribution < 1.29 is 29.4 Å². The first-order valence-electron chi connectivity index (χ1n) is 12.7. The van der Waals surface area contributed by atoms with E-state index in [9.17, 15) is 19.2 Å². The fourth-order valence-electron chi connectivity index (χ4n) is 3.51. The number of benzene rings is 4. The van der Waals surface area contributed by atoms with Crippen LogP contribution in [-0.2, 0) is 32.0 Å². The zero-order valence-corrected chi connectivity index (χ0v) is 26.2. The molecule has 2 atom stereocenters. The molecule has 0 saturated heterocycles. The van der Waals surface area contributed by atoms with E-state index >= 15 is 0 Å². The molecule has 210 valence electrons. The third-order valence-electron chi connectivity index (χ3n) is 5.54. The van der Waals surface area contributed by atoms with Crippen molar-refractivity contribution in [3.05, 3.63) is 132 Å². The van der Waals surface area contributed by atoms with Crippen molar-refractivity contribution in [3.8, 4) is 0 Å². The fourth-order valence-corrected chi connectivity index (χ4v) is 7.60. The summed E-state index contributed by atoms with van der Waals surface area (Å²) in [7, 11) is 0. The molecule has 4 aromatic carbocycles. The number of rotatable bonds is 12. The Balaban J connectivity index is 0.000000215. The molecule has 9 heteroatoms. The molecule has 41 heavy (non-hydrogen) atoms. The van der Waals surface area contributed by atoms with E-state index in [1.807, 2.05) is 60.7 Å². The Bertz CT molecular complexity index is 1210. The van der Waals surface area contributed by atoms with Crippen molar-refractivity contribution >= 4 is 55.2 Å². The summed E-state index contributed by atoms with van der Waals surface area (Å²) in [4.78, 5) is 41.6. The second kappa shape index (κ2) is 19.7. The van der Waals surface area contributed by atoms with Gasteiger partial charge in [0.25, 0.3) is 0 Å². The van der Waals surface area contributed by atoms with Gasteiger partial charge in [-0.2, -0.15) is 0 Å². The Hall–Kier alpha value is -4.32. The maximum absolute atomic E-state index is 10.7. The van der Waals surface area contributed by atoms with Gasteiger partial charge >= 0.3 is 103 Å². The molecule has 2 radical (unpaired) electrons. The zero-order valence-electron chi connectivity index (χ0n) is 22.3. The molecule has 0 aliphatic rings. The Morgan fingerprint density at radius 1 is 0.561 bits per heavy atom. The normalized spacial score (nSPS) is 11.1. The number of amides is 2. The first-order chi connectivity index (χ1) is 19.9. The Morgan fingerprint density at radius 3 is 1.12 bits per heavy atom. The third kappa shape index (κ3) is 14.0. The van der Waals surface area contributed by atoms with Crippen LogP contribution in [0.15, 0.2) is 121 Å². The summed E-state index contributed by atoms with van der Waals surface area (Å²) in [5.74, 6) is -2.05. The fraction of sp³-hybridized carbons (Fsp3) is 0.125. The van der Waals surface area contributed by atoms with E-state index < -0.39 is 48.3 Å². The molecule has 2 amide bonds. The first kappa shape index (κ1) is 32.9. The molecule has 0 aliphatic heterocycles. The second-order valence-corrected chi connectivity index (χ2v) is 14.0. The van der Waals surface area contributed by atoms with Crippen molar-refractivity contribution in [2.45, 2.75) is 24.9 Å². The molecule has 2 unspecified atom stereocenters. The van der Waals surface area contributed by atoms with Gasteiger partial charge in [-0.3, -0.25) is 9.59 Å². The van der Waals surface area contributed by atoms with Crippen molar-refractivity contribution in [1.82, 2.24) is 10.6 Å². The van der Waals surface area contributed by atoms with E-state index in [1.54, 1.807) is 6.25 Å². The van der Waals surface area contributed by atoms with Crippen LogP contribution in [0.1, 0.15) is 11.1 Å². The van der Waals surface area contributed by atoms with E-state index in [2.05, 4.69) is 71.3 Å². The van der Waals surface area contributed by atoms with Crippen LogP contribution in [0.3, 0.4) is 0 Å². The number of carboxylic acids is 2. The van der Waals surface area contributed by atoms with Crippen LogP contribution in [0.4, 0.5) is 0 Å². The molecular weight excluding hydrogens is 716 g/mol. The molecule has 0 spiro atoms. The Morgan fingerprint density at radius 2 is 0.854 bits per heavy atom. The SMILES string of the molecule is O=CNC(Cc1ccccc1)C(=O)O.O=CNC(Cc1ccccc1)C(=O)O.c1cc[c]([Pb][c]2ccccc2)cc1. The van der Waals surface area contributed by atoms with Gasteiger partial charge in [-0.05, 0) is 11.1 Å². The number of carboxylic acid groups (broad SMARTS) is 2.